The summed E-state index contributed by atoms with van der Waals surface area (Å²) in [4.78, 5) is 4.32. The maximum Gasteiger partial charge on any atom is 0.193 e. The smallest absolute Gasteiger partial charge is 0.193 e. The Morgan fingerprint density at radius 2 is 1.76 bits per heavy atom. The number of rotatable bonds is 6. The van der Waals surface area contributed by atoms with Gasteiger partial charge in [0.2, 0.25) is 0 Å². The van der Waals surface area contributed by atoms with Crippen LogP contribution in [0.1, 0.15) is 36.1 Å². The fourth-order valence-corrected chi connectivity index (χ4v) is 2.59. The molecule has 0 spiro atoms. The number of aliphatic hydroxyl groups is 1. The van der Waals surface area contributed by atoms with Gasteiger partial charge in [-0.15, -0.1) is 24.0 Å². The number of aryl methyl sites for hydroxylation is 2. The average Bonchev–Trinajstić information content (AvgIpc) is 2.61. The van der Waals surface area contributed by atoms with Gasteiger partial charge in [-0.3, -0.25) is 0 Å². The minimum absolute atomic E-state index is 0. The molecule has 2 aromatic rings. The zero-order valence-corrected chi connectivity index (χ0v) is 16.9. The van der Waals surface area contributed by atoms with Crippen LogP contribution in [0.3, 0.4) is 0 Å². The number of nitrogens with zero attached hydrogens (tertiary/aromatic N) is 1. The number of guanidine groups is 1. The highest BCUT2D eigenvalue weighted by Crippen LogP contribution is 2.22. The minimum atomic E-state index is -0.416. The third-order valence-electron chi connectivity index (χ3n) is 3.96. The van der Waals surface area contributed by atoms with Crippen molar-refractivity contribution in [2.24, 2.45) is 10.7 Å². The van der Waals surface area contributed by atoms with Crippen LogP contribution in [0.25, 0.3) is 0 Å². The van der Waals surface area contributed by atoms with Crippen molar-refractivity contribution in [1.29, 1.82) is 0 Å². The first-order chi connectivity index (χ1) is 11.6. The van der Waals surface area contributed by atoms with Crippen LogP contribution in [0.5, 0.6) is 0 Å². The summed E-state index contributed by atoms with van der Waals surface area (Å²) in [5, 5.41) is 12.3. The highest BCUT2D eigenvalue weighted by atomic mass is 127. The van der Waals surface area contributed by atoms with Gasteiger partial charge >= 0.3 is 0 Å². The summed E-state index contributed by atoms with van der Waals surface area (Å²) in [6, 6.07) is 10.8. The van der Waals surface area contributed by atoms with Crippen LogP contribution in [-0.2, 0) is 26.0 Å². The van der Waals surface area contributed by atoms with Crippen molar-refractivity contribution in [3.63, 3.8) is 0 Å². The van der Waals surface area contributed by atoms with E-state index in [2.05, 4.69) is 36.3 Å². The van der Waals surface area contributed by atoms with E-state index < -0.39 is 5.82 Å². The molecule has 0 amide bonds. The van der Waals surface area contributed by atoms with Gasteiger partial charge in [0.05, 0.1) is 13.2 Å². The Morgan fingerprint density at radius 1 is 1.12 bits per heavy atom. The molecule has 0 radical (unpaired) electrons. The Morgan fingerprint density at radius 3 is 2.32 bits per heavy atom. The van der Waals surface area contributed by atoms with Crippen LogP contribution in [0.2, 0.25) is 0 Å². The number of aliphatic hydroxyl groups excluding tert-OH is 1. The summed E-state index contributed by atoms with van der Waals surface area (Å²) in [6.07, 6.45) is 1.81. The predicted octanol–water partition coefficient (Wildman–Crippen LogP) is 3.99. The number of nitrogens with one attached hydrogen (secondary N) is 1. The molecule has 0 aliphatic rings. The molecule has 0 saturated heterocycles. The van der Waals surface area contributed by atoms with Crippen LogP contribution in [0, 0.1) is 5.82 Å². The first-order valence-corrected chi connectivity index (χ1v) is 8.14. The highest BCUT2D eigenvalue weighted by molar-refractivity contribution is 14.0. The fourth-order valence-electron chi connectivity index (χ4n) is 2.59. The average molecular weight is 457 g/mol. The standard InChI is InChI=1S/C19H24FN3O.HI/c1-3-14-6-5-7-15(4-2)18(14)23-19(21)22-11-13-8-9-17(20)16(10-13)12-24;/h5-10,24H,3-4,11-12H2,1-2H3,(H3,21,22,23);1H. The van der Waals surface area contributed by atoms with Gasteiger partial charge in [-0.25, -0.2) is 9.38 Å². The SMILES string of the molecule is CCc1cccc(CC)c1NC(N)=NCc1ccc(F)c(CO)c1.I. The molecule has 0 fully saturated rings. The first-order valence-electron chi connectivity index (χ1n) is 8.14. The lowest BCUT2D eigenvalue weighted by Crippen LogP contribution is -2.24. The van der Waals surface area contributed by atoms with Gasteiger partial charge in [0.1, 0.15) is 5.82 Å². The Bertz CT molecular complexity index is 712. The second-order valence-electron chi connectivity index (χ2n) is 5.57. The summed E-state index contributed by atoms with van der Waals surface area (Å²) in [5.41, 5.74) is 10.5. The molecule has 25 heavy (non-hydrogen) atoms. The second-order valence-corrected chi connectivity index (χ2v) is 5.57. The topological polar surface area (TPSA) is 70.6 Å². The molecule has 0 aliphatic heterocycles. The fraction of sp³-hybridized carbons (Fsp3) is 0.316. The van der Waals surface area contributed by atoms with E-state index in [1.807, 2.05) is 6.07 Å². The zero-order chi connectivity index (χ0) is 17.5. The van der Waals surface area contributed by atoms with Gasteiger partial charge in [-0.2, -0.15) is 0 Å². The molecule has 6 heteroatoms. The van der Waals surface area contributed by atoms with Crippen LogP contribution >= 0.6 is 24.0 Å². The quantitative estimate of drug-likeness (QED) is 0.349. The van der Waals surface area contributed by atoms with E-state index in [0.29, 0.717) is 12.5 Å². The first kappa shape index (κ1) is 21.4. The monoisotopic (exact) mass is 457 g/mol. The Kier molecular flexibility index (Phi) is 8.85. The Balaban J connectivity index is 0.00000312. The third kappa shape index (κ3) is 5.67. The molecule has 0 heterocycles. The molecular weight excluding hydrogens is 432 g/mol. The molecule has 0 unspecified atom stereocenters. The van der Waals surface area contributed by atoms with Gasteiger partial charge in [-0.1, -0.05) is 38.1 Å². The molecule has 136 valence electrons. The van der Waals surface area contributed by atoms with E-state index in [9.17, 15) is 4.39 Å². The van der Waals surface area contributed by atoms with E-state index in [0.717, 1.165) is 24.1 Å². The van der Waals surface area contributed by atoms with Crippen molar-refractivity contribution in [3.8, 4) is 0 Å². The molecule has 4 nitrogen and oxygen atoms in total. The second kappa shape index (κ2) is 10.4. The minimum Gasteiger partial charge on any atom is -0.392 e. The zero-order valence-electron chi connectivity index (χ0n) is 14.6. The number of para-hydroxylation sites is 1. The summed E-state index contributed by atoms with van der Waals surface area (Å²) in [5.74, 6) is -0.0961. The van der Waals surface area contributed by atoms with E-state index in [1.165, 1.54) is 17.2 Å². The van der Waals surface area contributed by atoms with Gasteiger partial charge in [-0.05, 0) is 41.7 Å². The lowest BCUT2D eigenvalue weighted by molar-refractivity contribution is 0.275. The number of hydrogen-bond acceptors (Lipinski definition) is 2. The van der Waals surface area contributed by atoms with Gasteiger partial charge in [0.15, 0.2) is 5.96 Å². The lowest BCUT2D eigenvalue weighted by Gasteiger charge is -2.15. The van der Waals surface area contributed by atoms with Crippen LogP contribution in [0.4, 0.5) is 10.1 Å². The summed E-state index contributed by atoms with van der Waals surface area (Å²) < 4.78 is 13.4. The van der Waals surface area contributed by atoms with E-state index in [-0.39, 0.29) is 36.1 Å². The number of aliphatic imine (C=N–C) groups is 1. The molecule has 0 aromatic heterocycles. The summed E-state index contributed by atoms with van der Waals surface area (Å²) >= 11 is 0. The van der Waals surface area contributed by atoms with Gasteiger partial charge < -0.3 is 16.2 Å². The number of benzene rings is 2. The number of anilines is 1. The normalized spacial score (nSPS) is 11.1. The number of halogens is 2. The van der Waals surface area contributed by atoms with Crippen LogP contribution in [-0.4, -0.2) is 11.1 Å². The molecule has 0 atom stereocenters. The van der Waals surface area contributed by atoms with Crippen molar-refractivity contribution < 1.29 is 9.50 Å². The van der Waals surface area contributed by atoms with Gasteiger partial charge in [0.25, 0.3) is 0 Å². The van der Waals surface area contributed by atoms with Crippen LogP contribution in [0.15, 0.2) is 41.4 Å². The molecule has 0 aliphatic carbocycles. The molecule has 0 saturated carbocycles. The van der Waals surface area contributed by atoms with Crippen LogP contribution < -0.4 is 11.1 Å². The van der Waals surface area contributed by atoms with Crippen molar-refractivity contribution in [3.05, 3.63) is 64.5 Å². The van der Waals surface area contributed by atoms with Crippen molar-refractivity contribution in [2.45, 2.75) is 39.8 Å². The van der Waals surface area contributed by atoms with Crippen molar-refractivity contribution >= 4 is 35.6 Å². The van der Waals surface area contributed by atoms with E-state index >= 15 is 0 Å². The number of hydrogen-bond donors (Lipinski definition) is 3. The molecule has 4 N–H and O–H groups in total. The molecule has 2 rings (SSSR count). The summed E-state index contributed by atoms with van der Waals surface area (Å²) in [7, 11) is 0. The third-order valence-corrected chi connectivity index (χ3v) is 3.96. The molecule has 2 aromatic carbocycles. The molecular formula is C19H25FIN3O. The lowest BCUT2D eigenvalue weighted by atomic mass is 10.0. The maximum absolute atomic E-state index is 13.4. The van der Waals surface area contributed by atoms with Gasteiger partial charge in [0, 0.05) is 11.3 Å². The Hall–Kier alpha value is -1.67. The largest absolute Gasteiger partial charge is 0.392 e. The number of nitrogens with two attached hydrogens (primary N) is 1. The Labute approximate surface area is 165 Å². The summed E-state index contributed by atoms with van der Waals surface area (Å²) in [6.45, 7) is 4.19. The maximum atomic E-state index is 13.4. The van der Waals surface area contributed by atoms with E-state index in [4.69, 9.17) is 10.8 Å². The molecule has 0 bridgehead atoms. The van der Waals surface area contributed by atoms with Crippen molar-refractivity contribution in [2.75, 3.05) is 5.32 Å². The highest BCUT2D eigenvalue weighted by Gasteiger charge is 2.07. The predicted molar refractivity (Wildman–Crippen MR) is 112 cm³/mol. The van der Waals surface area contributed by atoms with E-state index in [1.54, 1.807) is 12.1 Å². The van der Waals surface area contributed by atoms with Crippen molar-refractivity contribution in [1.82, 2.24) is 0 Å².